The first kappa shape index (κ1) is 13.7. The molecule has 1 amide bonds. The lowest BCUT2D eigenvalue weighted by Crippen LogP contribution is -2.41. The van der Waals surface area contributed by atoms with Crippen LogP contribution >= 0.6 is 0 Å². The van der Waals surface area contributed by atoms with Gasteiger partial charge in [0, 0.05) is 11.1 Å². The summed E-state index contributed by atoms with van der Waals surface area (Å²) in [5.74, 6) is -0.218. The molecule has 1 N–H and O–H groups in total. The summed E-state index contributed by atoms with van der Waals surface area (Å²) in [6.45, 7) is 7.48. The quantitative estimate of drug-likeness (QED) is 0.854. The van der Waals surface area contributed by atoms with Gasteiger partial charge in [0.2, 0.25) is 0 Å². The molecule has 0 radical (unpaired) electrons. The highest BCUT2D eigenvalue weighted by atomic mass is 19.1. The van der Waals surface area contributed by atoms with E-state index in [0.717, 1.165) is 0 Å². The van der Waals surface area contributed by atoms with Gasteiger partial charge in [-0.1, -0.05) is 25.1 Å². The van der Waals surface area contributed by atoms with Crippen LogP contribution in [0.2, 0.25) is 0 Å². The van der Waals surface area contributed by atoms with Crippen LogP contribution in [-0.2, 0) is 0 Å². The van der Waals surface area contributed by atoms with E-state index in [-0.39, 0.29) is 11.4 Å². The predicted molar refractivity (Wildman–Crippen MR) is 67.8 cm³/mol. The molecule has 0 aliphatic carbocycles. The minimum atomic E-state index is -1.09. The van der Waals surface area contributed by atoms with Crippen LogP contribution in [0.3, 0.4) is 0 Å². The number of benzene rings is 1. The first-order chi connectivity index (χ1) is 7.85. The zero-order valence-electron chi connectivity index (χ0n) is 10.9. The van der Waals surface area contributed by atoms with E-state index in [0.29, 0.717) is 17.5 Å². The van der Waals surface area contributed by atoms with Gasteiger partial charge in [0.25, 0.3) is 5.91 Å². The van der Waals surface area contributed by atoms with Crippen molar-refractivity contribution in [2.45, 2.75) is 45.8 Å². The van der Waals surface area contributed by atoms with Gasteiger partial charge in [-0.15, -0.1) is 0 Å². The van der Waals surface area contributed by atoms with Crippen molar-refractivity contribution >= 4 is 5.91 Å². The summed E-state index contributed by atoms with van der Waals surface area (Å²) in [6, 6.07) is 6.85. The number of alkyl halides is 1. The van der Waals surface area contributed by atoms with Crippen LogP contribution in [0.4, 0.5) is 4.39 Å². The smallest absolute Gasteiger partial charge is 0.252 e. The zero-order valence-corrected chi connectivity index (χ0v) is 10.9. The van der Waals surface area contributed by atoms with Crippen molar-refractivity contribution in [1.29, 1.82) is 0 Å². The molecule has 1 rings (SSSR count). The third-order valence-corrected chi connectivity index (χ3v) is 2.39. The molecule has 1 aromatic rings. The molecule has 0 aliphatic rings. The molecule has 0 aliphatic heterocycles. The van der Waals surface area contributed by atoms with Gasteiger partial charge in [0.1, 0.15) is 6.17 Å². The predicted octanol–water partition coefficient (Wildman–Crippen LogP) is 3.64. The van der Waals surface area contributed by atoms with E-state index < -0.39 is 6.17 Å². The van der Waals surface area contributed by atoms with Crippen LogP contribution < -0.4 is 5.32 Å². The molecule has 0 spiro atoms. The Morgan fingerprint density at radius 1 is 1.35 bits per heavy atom. The van der Waals surface area contributed by atoms with Crippen LogP contribution in [0.5, 0.6) is 0 Å². The molecular formula is C14H20FNO. The Labute approximate surface area is 102 Å². The van der Waals surface area contributed by atoms with Gasteiger partial charge < -0.3 is 5.32 Å². The highest BCUT2D eigenvalue weighted by molar-refractivity contribution is 5.96. The summed E-state index contributed by atoms with van der Waals surface area (Å²) in [5.41, 5.74) is 0.580. The summed E-state index contributed by atoms with van der Waals surface area (Å²) < 4.78 is 13.7. The number of nitrogens with one attached hydrogen (secondary N) is 1. The van der Waals surface area contributed by atoms with Gasteiger partial charge in [0.15, 0.2) is 0 Å². The third-order valence-electron chi connectivity index (χ3n) is 2.39. The van der Waals surface area contributed by atoms with Gasteiger partial charge in [0.05, 0.1) is 0 Å². The van der Waals surface area contributed by atoms with Crippen LogP contribution in [0.25, 0.3) is 0 Å². The Morgan fingerprint density at radius 3 is 2.47 bits per heavy atom. The first-order valence-corrected chi connectivity index (χ1v) is 5.90. The summed E-state index contributed by atoms with van der Waals surface area (Å²) in [4.78, 5) is 12.0. The van der Waals surface area contributed by atoms with E-state index in [1.807, 2.05) is 20.8 Å². The fourth-order valence-electron chi connectivity index (χ4n) is 1.60. The van der Waals surface area contributed by atoms with Crippen molar-refractivity contribution in [1.82, 2.24) is 5.32 Å². The molecule has 2 nitrogen and oxygen atoms in total. The van der Waals surface area contributed by atoms with Crippen LogP contribution in [0, 0.1) is 0 Å². The summed E-state index contributed by atoms with van der Waals surface area (Å²) in [6.07, 6.45) is -0.711. The second-order valence-corrected chi connectivity index (χ2v) is 5.17. The molecule has 0 bridgehead atoms. The number of rotatable bonds is 3. The largest absolute Gasteiger partial charge is 0.347 e. The maximum atomic E-state index is 13.7. The van der Waals surface area contributed by atoms with Gasteiger partial charge in [-0.25, -0.2) is 4.39 Å². The Bertz CT molecular complexity index is 395. The molecule has 0 aromatic heterocycles. The Hall–Kier alpha value is -1.38. The van der Waals surface area contributed by atoms with Crippen molar-refractivity contribution in [2.24, 2.45) is 0 Å². The molecule has 0 fully saturated rings. The van der Waals surface area contributed by atoms with Crippen molar-refractivity contribution in [3.05, 3.63) is 35.4 Å². The van der Waals surface area contributed by atoms with E-state index in [1.54, 1.807) is 31.2 Å². The fourth-order valence-corrected chi connectivity index (χ4v) is 1.60. The van der Waals surface area contributed by atoms with Crippen LogP contribution in [0.1, 0.15) is 56.2 Å². The van der Waals surface area contributed by atoms with Crippen LogP contribution in [-0.4, -0.2) is 11.4 Å². The van der Waals surface area contributed by atoms with E-state index in [4.69, 9.17) is 0 Å². The minimum absolute atomic E-state index is 0.218. The average molecular weight is 237 g/mol. The standard InChI is InChI=1S/C14H20FNO/c1-5-12(15)10-8-6-7-9-11(10)13(17)16-14(2,3)4/h6-9,12H,5H2,1-4H3,(H,16,17)/t12-/m0/s1. The third kappa shape index (κ3) is 3.84. The number of amides is 1. The van der Waals surface area contributed by atoms with E-state index in [9.17, 15) is 9.18 Å². The second kappa shape index (κ2) is 5.30. The van der Waals surface area contributed by atoms with Crippen molar-refractivity contribution in [3.8, 4) is 0 Å². The Morgan fingerprint density at radius 2 is 1.94 bits per heavy atom. The molecule has 0 heterocycles. The summed E-state index contributed by atoms with van der Waals surface area (Å²) >= 11 is 0. The lowest BCUT2D eigenvalue weighted by molar-refractivity contribution is 0.0916. The van der Waals surface area contributed by atoms with E-state index in [1.165, 1.54) is 0 Å². The van der Waals surface area contributed by atoms with Crippen molar-refractivity contribution < 1.29 is 9.18 Å². The molecule has 0 unspecified atom stereocenters. The number of halogens is 1. The maximum absolute atomic E-state index is 13.7. The average Bonchev–Trinajstić information content (AvgIpc) is 2.25. The number of hydrogen-bond acceptors (Lipinski definition) is 1. The minimum Gasteiger partial charge on any atom is -0.347 e. The SMILES string of the molecule is CC[C@H](F)c1ccccc1C(=O)NC(C)(C)C. The molecule has 94 valence electrons. The molecule has 3 heteroatoms. The number of hydrogen-bond donors (Lipinski definition) is 1. The Kier molecular flexibility index (Phi) is 4.27. The normalized spacial score (nSPS) is 13.2. The van der Waals surface area contributed by atoms with Gasteiger partial charge >= 0.3 is 0 Å². The molecule has 17 heavy (non-hydrogen) atoms. The van der Waals surface area contributed by atoms with Crippen molar-refractivity contribution in [3.63, 3.8) is 0 Å². The molecule has 0 saturated carbocycles. The maximum Gasteiger partial charge on any atom is 0.252 e. The number of carbonyl (C=O) groups is 1. The highest BCUT2D eigenvalue weighted by Crippen LogP contribution is 2.24. The zero-order chi connectivity index (χ0) is 13.1. The second-order valence-electron chi connectivity index (χ2n) is 5.17. The van der Waals surface area contributed by atoms with Gasteiger partial charge in [-0.2, -0.15) is 0 Å². The summed E-state index contributed by atoms with van der Waals surface area (Å²) in [7, 11) is 0. The fraction of sp³-hybridized carbons (Fsp3) is 0.500. The molecule has 1 aromatic carbocycles. The monoisotopic (exact) mass is 237 g/mol. The van der Waals surface area contributed by atoms with Crippen LogP contribution in [0.15, 0.2) is 24.3 Å². The Balaban J connectivity index is 3.01. The molecular weight excluding hydrogens is 217 g/mol. The van der Waals surface area contributed by atoms with E-state index in [2.05, 4.69) is 5.32 Å². The highest BCUT2D eigenvalue weighted by Gasteiger charge is 2.20. The van der Waals surface area contributed by atoms with Gasteiger partial charge in [-0.3, -0.25) is 4.79 Å². The van der Waals surface area contributed by atoms with E-state index >= 15 is 0 Å². The van der Waals surface area contributed by atoms with Crippen molar-refractivity contribution in [2.75, 3.05) is 0 Å². The van der Waals surface area contributed by atoms with Gasteiger partial charge in [-0.05, 0) is 38.8 Å². The molecule has 1 atom stereocenters. The number of carbonyl (C=O) groups excluding carboxylic acids is 1. The molecule has 0 saturated heterocycles. The lowest BCUT2D eigenvalue weighted by Gasteiger charge is -2.22. The lowest BCUT2D eigenvalue weighted by atomic mass is 10.00. The summed E-state index contributed by atoms with van der Waals surface area (Å²) in [5, 5.41) is 2.85. The topological polar surface area (TPSA) is 29.1 Å². The first-order valence-electron chi connectivity index (χ1n) is 5.90.